The van der Waals surface area contributed by atoms with Crippen molar-refractivity contribution in [1.29, 1.82) is 0 Å². The van der Waals surface area contributed by atoms with Crippen molar-refractivity contribution in [3.8, 4) is 0 Å². The zero-order chi connectivity index (χ0) is 30.8. The Morgan fingerprint density at radius 1 is 0.524 bits per heavy atom. The molecule has 0 nitrogen and oxygen atoms in total. The van der Waals surface area contributed by atoms with Crippen LogP contribution in [0.1, 0.15) is 80.6 Å². The number of hydrogen-bond acceptors (Lipinski definition) is 4. The average Bonchev–Trinajstić information content (AvgIpc) is 3.32. The zero-order valence-electron chi connectivity index (χ0n) is 27.0. The number of rotatable bonds is 4. The second-order valence-electron chi connectivity index (χ2n) is 9.92. The fourth-order valence-corrected chi connectivity index (χ4v) is 5.19. The van der Waals surface area contributed by atoms with Gasteiger partial charge in [-0.3, -0.25) is 0 Å². The van der Waals surface area contributed by atoms with Crippen molar-refractivity contribution < 1.29 is 40.8 Å². The zero-order valence-corrected chi connectivity index (χ0v) is 35.7. The molecule has 0 saturated carbocycles. The van der Waals surface area contributed by atoms with E-state index in [1.165, 1.54) is 68.5 Å². The van der Waals surface area contributed by atoms with Gasteiger partial charge in [0.05, 0.1) is 0 Å². The average molecular weight is 981 g/mol. The fourth-order valence-electron chi connectivity index (χ4n) is 4.80. The predicted octanol–water partition coefficient (Wildman–Crippen LogP) is 9.86. The predicted molar refractivity (Wildman–Crippen MR) is 190 cm³/mol. The maximum absolute atomic E-state index is 4.82. The third-order valence-electron chi connectivity index (χ3n) is 7.91. The van der Waals surface area contributed by atoms with Gasteiger partial charge in [0.25, 0.3) is 0 Å². The van der Waals surface area contributed by atoms with E-state index in [4.69, 9.17) is 25.3 Å². The summed E-state index contributed by atoms with van der Waals surface area (Å²) in [6.07, 6.45) is 2.35. The Balaban J connectivity index is -0.000000470. The van der Waals surface area contributed by atoms with Gasteiger partial charge in [-0.05, 0) is 0 Å². The third kappa shape index (κ3) is 14.8. The first-order valence-electron chi connectivity index (χ1n) is 13.9. The van der Waals surface area contributed by atoms with Crippen LogP contribution in [-0.4, -0.2) is 0 Å². The monoisotopic (exact) mass is 982 g/mol. The number of hydrogen-bond donors (Lipinski definition) is 0. The molecule has 0 saturated heterocycles. The molecule has 0 aliphatic carbocycles. The van der Waals surface area contributed by atoms with Gasteiger partial charge in [-0.1, -0.05) is 120 Å². The van der Waals surface area contributed by atoms with Crippen molar-refractivity contribution in [2.45, 2.75) is 93.6 Å². The van der Waals surface area contributed by atoms with E-state index < -0.39 is 0 Å². The van der Waals surface area contributed by atoms with E-state index in [1.807, 2.05) is 60.7 Å². The summed E-state index contributed by atoms with van der Waals surface area (Å²) in [4.78, 5) is 0. The molecule has 0 N–H and O–H groups in total. The van der Waals surface area contributed by atoms with Crippen LogP contribution in [0.15, 0.2) is 60.7 Å². The molecule has 0 aliphatic rings. The van der Waals surface area contributed by atoms with Gasteiger partial charge in [0.1, 0.15) is 0 Å². The van der Waals surface area contributed by atoms with Crippen LogP contribution >= 0.6 is 0 Å². The summed E-state index contributed by atoms with van der Waals surface area (Å²) < 4.78 is 0. The van der Waals surface area contributed by atoms with E-state index in [-0.39, 0.29) is 40.8 Å². The molecule has 2 radical (unpaired) electrons. The van der Waals surface area contributed by atoms with Gasteiger partial charge in [-0.2, -0.15) is 39.3 Å². The van der Waals surface area contributed by atoms with Crippen LogP contribution in [0.4, 0.5) is 0 Å². The molecule has 0 heterocycles. The van der Waals surface area contributed by atoms with E-state index in [1.54, 1.807) is 11.1 Å². The summed E-state index contributed by atoms with van der Waals surface area (Å²) in [5.41, 5.74) is 17.5. The summed E-state index contributed by atoms with van der Waals surface area (Å²) in [6, 6.07) is 20.1. The summed E-state index contributed by atoms with van der Waals surface area (Å²) in [7, 11) is 0. The molecule has 0 bridgehead atoms. The Morgan fingerprint density at radius 2 is 0.833 bits per heavy atom. The maximum Gasteiger partial charge on any atom is 0 e. The van der Waals surface area contributed by atoms with Crippen LogP contribution in [-0.2, 0) is 114 Å². The van der Waals surface area contributed by atoms with Gasteiger partial charge in [-0.25, -0.2) is 34.1 Å². The van der Waals surface area contributed by atoms with Crippen LogP contribution in [0.3, 0.4) is 0 Å². The second-order valence-corrected chi connectivity index (χ2v) is 10.5. The topological polar surface area (TPSA) is 0 Å². The molecule has 6 heteroatoms. The van der Waals surface area contributed by atoms with Gasteiger partial charge in [0.15, 0.2) is 0 Å². The van der Waals surface area contributed by atoms with Crippen molar-refractivity contribution in [1.82, 2.24) is 0 Å². The van der Waals surface area contributed by atoms with Crippen LogP contribution in [0, 0.1) is 55.4 Å². The van der Waals surface area contributed by atoms with Crippen molar-refractivity contribution >= 4 is 48.6 Å². The van der Waals surface area contributed by atoms with Crippen molar-refractivity contribution in [2.24, 2.45) is 0 Å². The second kappa shape index (κ2) is 26.1. The molecule has 4 aromatic carbocycles. The first-order valence-corrected chi connectivity index (χ1v) is 16.4. The molecule has 0 fully saturated rings. The van der Waals surface area contributed by atoms with Gasteiger partial charge in [0.2, 0.25) is 0 Å². The Bertz CT molecular complexity index is 1080. The minimum Gasteiger partial charge on any atom is -1.00 e. The van der Waals surface area contributed by atoms with E-state index in [0.717, 1.165) is 11.5 Å². The normalized spacial score (nSPS) is 9.19. The Morgan fingerprint density at radius 3 is 1.00 bits per heavy atom. The van der Waals surface area contributed by atoms with Crippen LogP contribution in [0.2, 0.25) is 0 Å². The first kappa shape index (κ1) is 46.3. The van der Waals surface area contributed by atoms with E-state index in [9.17, 15) is 0 Å². The minimum atomic E-state index is 0. The van der Waals surface area contributed by atoms with Crippen LogP contribution in [0.5, 0.6) is 0 Å². The molecule has 0 unspecified atom stereocenters. The SMILES string of the molecule is CC[c-]1[c-](C)[c-](C)[c-](C)[c-]1C.CC[c-]1c(C)c(C)c(C)c1C.[Re].[Re].[S-]Cc1ccccc1.[S-]Cc1ccccc1.[S-][S-]. The van der Waals surface area contributed by atoms with E-state index >= 15 is 0 Å². The Hall–Kier alpha value is -0.135. The molecule has 42 heavy (non-hydrogen) atoms. The van der Waals surface area contributed by atoms with Crippen LogP contribution < -0.4 is 0 Å². The largest absolute Gasteiger partial charge is 1.00 e. The van der Waals surface area contributed by atoms with E-state index in [0.29, 0.717) is 0 Å². The molecule has 4 rings (SSSR count). The summed E-state index contributed by atoms with van der Waals surface area (Å²) in [5, 5.41) is 0. The molecule has 4 aromatic rings. The van der Waals surface area contributed by atoms with Gasteiger partial charge in [0, 0.05) is 40.8 Å². The molecule has 0 amide bonds. The molecule has 0 atom stereocenters. The minimum absolute atomic E-state index is 0. The molecule has 0 aromatic heterocycles. The molecule has 0 spiro atoms. The van der Waals surface area contributed by atoms with Crippen molar-refractivity contribution in [3.63, 3.8) is 0 Å². The molecular weight excluding hydrogens is 933 g/mol. The molecule has 0 aliphatic heterocycles. The fraction of sp³-hybridized carbons (Fsp3) is 0.389. The standard InChI is InChI=1S/2C11H17.2C7H8S.2Re.S2/c2*1-6-11-9(4)7(2)8(3)10(11)5;2*8-6-7-4-2-1-3-5-7;;;1-2/h2*6H2,1-5H3;2*1-5,8H,6H2;;;/q-5;-1;;;;;-2/p-2. The summed E-state index contributed by atoms with van der Waals surface area (Å²) >= 11 is 17.0. The smallest absolute Gasteiger partial charge is 0 e. The van der Waals surface area contributed by atoms with Gasteiger partial charge in [-0.15, -0.1) is 0 Å². The summed E-state index contributed by atoms with van der Waals surface area (Å²) in [6.45, 7) is 22.3. The third-order valence-corrected chi connectivity index (χ3v) is 8.58. The van der Waals surface area contributed by atoms with Gasteiger partial charge >= 0.3 is 0 Å². The Labute approximate surface area is 307 Å². The molecule has 240 valence electrons. The number of benzene rings is 2. The van der Waals surface area contributed by atoms with Crippen LogP contribution in [0.25, 0.3) is 0 Å². The Kier molecular flexibility index (Phi) is 28.8. The maximum atomic E-state index is 4.82. The van der Waals surface area contributed by atoms with Gasteiger partial charge < -0.3 is 76.4 Å². The van der Waals surface area contributed by atoms with Crippen molar-refractivity contribution in [2.75, 3.05) is 0 Å². The van der Waals surface area contributed by atoms with E-state index in [2.05, 4.69) is 92.6 Å². The van der Waals surface area contributed by atoms with Crippen molar-refractivity contribution in [3.05, 3.63) is 127 Å². The molecular formula is C36H48Re2S4-10. The first-order chi connectivity index (χ1) is 19.0. The quantitative estimate of drug-likeness (QED) is 0.114. The summed E-state index contributed by atoms with van der Waals surface area (Å²) in [5.74, 6) is 1.45.